The second kappa shape index (κ2) is 6.67. The number of likely N-dealkylation sites (N-methyl/N-ethyl adjacent to an activating group) is 2. The van der Waals surface area contributed by atoms with E-state index in [0.717, 1.165) is 12.1 Å². The summed E-state index contributed by atoms with van der Waals surface area (Å²) in [7, 11) is 4.81. The van der Waals surface area contributed by atoms with Crippen molar-refractivity contribution in [3.63, 3.8) is 0 Å². The molecule has 0 amide bonds. The Balaban J connectivity index is 1.44. The second-order valence-corrected chi connectivity index (χ2v) is 13.1. The third-order valence-corrected chi connectivity index (χ3v) is 8.83. The molecule has 4 rings (SSSR count). The standard InChI is InChI=1S/C24H46N4/c1-21(2,3)27-12-10-23(16-27)14-20(26(8)15-23)19-13-24(9-11-25(19)7)17-28(18-24)22(4,5)6/h19-20H,9-18H2,1-8H3. The number of nitrogens with zero attached hydrogens (tertiary/aromatic N) is 4. The van der Waals surface area contributed by atoms with E-state index in [1.807, 2.05) is 0 Å². The third kappa shape index (κ3) is 3.68. The van der Waals surface area contributed by atoms with Crippen LogP contribution in [0.3, 0.4) is 0 Å². The van der Waals surface area contributed by atoms with Crippen LogP contribution in [-0.4, -0.2) is 96.1 Å². The van der Waals surface area contributed by atoms with Gasteiger partial charge in [0, 0.05) is 49.3 Å². The Bertz CT molecular complexity index is 582. The molecule has 162 valence electrons. The quantitative estimate of drug-likeness (QED) is 0.680. The van der Waals surface area contributed by atoms with Gasteiger partial charge in [-0.3, -0.25) is 9.80 Å². The summed E-state index contributed by atoms with van der Waals surface area (Å²) in [6.45, 7) is 22.1. The first-order valence-corrected chi connectivity index (χ1v) is 11.7. The van der Waals surface area contributed by atoms with Gasteiger partial charge in [-0.25, -0.2) is 0 Å². The van der Waals surface area contributed by atoms with E-state index in [9.17, 15) is 0 Å². The van der Waals surface area contributed by atoms with Gasteiger partial charge < -0.3 is 9.80 Å². The van der Waals surface area contributed by atoms with Crippen molar-refractivity contribution < 1.29 is 0 Å². The smallest absolute Gasteiger partial charge is 0.0255 e. The molecule has 28 heavy (non-hydrogen) atoms. The highest BCUT2D eigenvalue weighted by atomic mass is 15.3. The summed E-state index contributed by atoms with van der Waals surface area (Å²) in [5.41, 5.74) is 1.77. The highest BCUT2D eigenvalue weighted by Gasteiger charge is 2.55. The van der Waals surface area contributed by atoms with Crippen LogP contribution in [0.15, 0.2) is 0 Å². The van der Waals surface area contributed by atoms with Gasteiger partial charge in [-0.05, 0) is 105 Å². The Labute approximate surface area is 174 Å². The van der Waals surface area contributed by atoms with Crippen LogP contribution >= 0.6 is 0 Å². The molecule has 0 saturated carbocycles. The van der Waals surface area contributed by atoms with E-state index in [2.05, 4.69) is 75.2 Å². The molecular weight excluding hydrogens is 344 g/mol. The molecule has 2 spiro atoms. The fourth-order valence-corrected chi connectivity index (χ4v) is 6.78. The minimum Gasteiger partial charge on any atom is -0.302 e. The first-order valence-electron chi connectivity index (χ1n) is 11.7. The minimum atomic E-state index is 0.314. The van der Waals surface area contributed by atoms with E-state index in [4.69, 9.17) is 0 Å². The van der Waals surface area contributed by atoms with Crippen LogP contribution in [0.25, 0.3) is 0 Å². The van der Waals surface area contributed by atoms with Crippen molar-refractivity contribution in [3.05, 3.63) is 0 Å². The second-order valence-electron chi connectivity index (χ2n) is 13.1. The summed E-state index contributed by atoms with van der Waals surface area (Å²) in [6, 6.07) is 1.48. The molecule has 0 aromatic heterocycles. The van der Waals surface area contributed by atoms with Gasteiger partial charge in [0.2, 0.25) is 0 Å². The lowest BCUT2D eigenvalue weighted by molar-refractivity contribution is -0.108. The summed E-state index contributed by atoms with van der Waals surface area (Å²) in [5.74, 6) is 0. The Morgan fingerprint density at radius 1 is 0.607 bits per heavy atom. The van der Waals surface area contributed by atoms with Crippen LogP contribution in [0.2, 0.25) is 0 Å². The molecule has 0 radical (unpaired) electrons. The van der Waals surface area contributed by atoms with Gasteiger partial charge in [0.15, 0.2) is 0 Å². The van der Waals surface area contributed by atoms with E-state index in [1.165, 1.54) is 65.0 Å². The van der Waals surface area contributed by atoms with Gasteiger partial charge in [-0.15, -0.1) is 0 Å². The van der Waals surface area contributed by atoms with Crippen molar-refractivity contribution in [2.24, 2.45) is 10.8 Å². The van der Waals surface area contributed by atoms with Gasteiger partial charge in [0.05, 0.1) is 0 Å². The molecule has 4 aliphatic rings. The average Bonchev–Trinajstić information content (AvgIpc) is 3.08. The lowest BCUT2D eigenvalue weighted by Crippen LogP contribution is -2.67. The Kier molecular flexibility index (Phi) is 5.02. The van der Waals surface area contributed by atoms with Crippen LogP contribution in [-0.2, 0) is 0 Å². The molecular formula is C24H46N4. The summed E-state index contributed by atoms with van der Waals surface area (Å²) in [5, 5.41) is 0. The molecule has 0 bridgehead atoms. The minimum absolute atomic E-state index is 0.314. The molecule has 0 aromatic rings. The van der Waals surface area contributed by atoms with Gasteiger partial charge in [0.1, 0.15) is 0 Å². The fraction of sp³-hybridized carbons (Fsp3) is 1.00. The molecule has 4 nitrogen and oxygen atoms in total. The van der Waals surface area contributed by atoms with Crippen molar-refractivity contribution in [1.29, 1.82) is 0 Å². The molecule has 4 aliphatic heterocycles. The SMILES string of the molecule is CN1CCC2(CC1C1CC3(CCN(C(C)(C)C)C3)CN1C)CN(C(C)(C)C)C2. The van der Waals surface area contributed by atoms with Crippen LogP contribution in [0.5, 0.6) is 0 Å². The van der Waals surface area contributed by atoms with Crippen molar-refractivity contribution in [2.75, 3.05) is 53.4 Å². The van der Waals surface area contributed by atoms with Crippen molar-refractivity contribution in [2.45, 2.75) is 90.4 Å². The van der Waals surface area contributed by atoms with Crippen molar-refractivity contribution >= 4 is 0 Å². The average molecular weight is 391 g/mol. The van der Waals surface area contributed by atoms with E-state index >= 15 is 0 Å². The van der Waals surface area contributed by atoms with Crippen LogP contribution in [0.4, 0.5) is 0 Å². The molecule has 4 heterocycles. The number of piperidine rings is 1. The zero-order valence-corrected chi connectivity index (χ0v) is 20.0. The Hall–Kier alpha value is -0.160. The number of likely N-dealkylation sites (tertiary alicyclic amines) is 4. The monoisotopic (exact) mass is 390 g/mol. The number of hydrogen-bond acceptors (Lipinski definition) is 4. The number of rotatable bonds is 1. The molecule has 4 heteroatoms. The van der Waals surface area contributed by atoms with E-state index in [0.29, 0.717) is 21.9 Å². The normalized spacial score (nSPS) is 38.6. The molecule has 4 saturated heterocycles. The molecule has 0 aromatic carbocycles. The van der Waals surface area contributed by atoms with Gasteiger partial charge in [0.25, 0.3) is 0 Å². The predicted molar refractivity (Wildman–Crippen MR) is 119 cm³/mol. The summed E-state index contributed by atoms with van der Waals surface area (Å²) >= 11 is 0. The van der Waals surface area contributed by atoms with Gasteiger partial charge in [-0.2, -0.15) is 0 Å². The Morgan fingerprint density at radius 2 is 1.07 bits per heavy atom. The van der Waals surface area contributed by atoms with E-state index < -0.39 is 0 Å². The Morgan fingerprint density at radius 3 is 1.61 bits per heavy atom. The first kappa shape index (κ1) is 21.1. The van der Waals surface area contributed by atoms with Gasteiger partial charge >= 0.3 is 0 Å². The molecule has 0 aliphatic carbocycles. The molecule has 4 fully saturated rings. The van der Waals surface area contributed by atoms with Crippen molar-refractivity contribution in [1.82, 2.24) is 19.6 Å². The van der Waals surface area contributed by atoms with Crippen molar-refractivity contribution in [3.8, 4) is 0 Å². The molecule has 3 atom stereocenters. The molecule has 0 N–H and O–H groups in total. The van der Waals surface area contributed by atoms with Gasteiger partial charge in [-0.1, -0.05) is 0 Å². The maximum atomic E-state index is 2.74. The zero-order chi connectivity index (χ0) is 20.5. The third-order valence-electron chi connectivity index (χ3n) is 8.83. The van der Waals surface area contributed by atoms with Crippen LogP contribution < -0.4 is 0 Å². The van der Waals surface area contributed by atoms with Crippen LogP contribution in [0.1, 0.15) is 67.2 Å². The zero-order valence-electron chi connectivity index (χ0n) is 20.0. The van der Waals surface area contributed by atoms with Crippen LogP contribution in [0, 0.1) is 10.8 Å². The fourth-order valence-electron chi connectivity index (χ4n) is 6.78. The predicted octanol–water partition coefficient (Wildman–Crippen LogP) is 3.38. The van der Waals surface area contributed by atoms with E-state index in [1.54, 1.807) is 0 Å². The first-order chi connectivity index (χ1) is 12.8. The van der Waals surface area contributed by atoms with E-state index in [-0.39, 0.29) is 0 Å². The number of hydrogen-bond donors (Lipinski definition) is 0. The molecule has 3 unspecified atom stereocenters. The summed E-state index contributed by atoms with van der Waals surface area (Å²) in [6.07, 6.45) is 5.60. The highest BCUT2D eigenvalue weighted by Crippen LogP contribution is 2.50. The highest BCUT2D eigenvalue weighted by molar-refractivity contribution is 5.10. The largest absolute Gasteiger partial charge is 0.302 e. The summed E-state index contributed by atoms with van der Waals surface area (Å²) < 4.78 is 0. The lowest BCUT2D eigenvalue weighted by atomic mass is 9.66. The summed E-state index contributed by atoms with van der Waals surface area (Å²) in [4.78, 5) is 10.9. The maximum Gasteiger partial charge on any atom is 0.0255 e. The topological polar surface area (TPSA) is 13.0 Å². The maximum absolute atomic E-state index is 2.74. The lowest BCUT2D eigenvalue weighted by Gasteiger charge is -2.60.